The molecule has 0 aliphatic carbocycles. The predicted molar refractivity (Wildman–Crippen MR) is 39.8 cm³/mol. The van der Waals surface area contributed by atoms with E-state index >= 15 is 0 Å². The lowest BCUT2D eigenvalue weighted by molar-refractivity contribution is -0.117. The number of aromatic hydroxyl groups is 1. The number of para-hydroxylation sites is 1. The second kappa shape index (κ2) is 3.05. The quantitative estimate of drug-likeness (QED) is 0.633. The van der Waals surface area contributed by atoms with Gasteiger partial charge in [-0.25, -0.2) is 0 Å². The van der Waals surface area contributed by atoms with Gasteiger partial charge in [0.2, 0.25) is 5.91 Å². The molecule has 57 valence electrons. The molecule has 0 saturated heterocycles. The van der Waals surface area contributed by atoms with Crippen LogP contribution in [0.15, 0.2) is 18.2 Å². The van der Waals surface area contributed by atoms with Crippen molar-refractivity contribution in [3.05, 3.63) is 29.8 Å². The number of nitrogens with two attached hydrogens (primary N) is 1. The Morgan fingerprint density at radius 1 is 1.73 bits per heavy atom. The molecule has 0 fully saturated rings. The fourth-order valence-corrected chi connectivity index (χ4v) is 0.793. The SMILES string of the molecule is NC(=O)Cc1ccc[c]c1O. The van der Waals surface area contributed by atoms with Gasteiger partial charge in [0, 0.05) is 11.6 Å². The third-order valence-corrected chi connectivity index (χ3v) is 1.28. The molecule has 3 heteroatoms. The highest BCUT2D eigenvalue weighted by molar-refractivity contribution is 5.77. The number of hydrogen-bond acceptors (Lipinski definition) is 2. The Balaban J connectivity index is 2.86. The van der Waals surface area contributed by atoms with E-state index in [-0.39, 0.29) is 12.2 Å². The molecule has 0 aromatic heterocycles. The minimum Gasteiger partial charge on any atom is -0.507 e. The highest BCUT2D eigenvalue weighted by atomic mass is 16.3. The molecule has 0 saturated carbocycles. The zero-order chi connectivity index (χ0) is 8.27. The zero-order valence-corrected chi connectivity index (χ0v) is 5.87. The molecule has 0 bridgehead atoms. The summed E-state index contributed by atoms with van der Waals surface area (Å²) in [6, 6.07) is 7.45. The number of carbonyl (C=O) groups excluding carboxylic acids is 1. The number of rotatable bonds is 2. The van der Waals surface area contributed by atoms with Crippen LogP contribution in [0.3, 0.4) is 0 Å². The molecule has 0 unspecified atom stereocenters. The van der Waals surface area contributed by atoms with Gasteiger partial charge in [0.05, 0.1) is 6.42 Å². The molecular weight excluding hydrogens is 142 g/mol. The third-order valence-electron chi connectivity index (χ3n) is 1.28. The number of phenols is 1. The Hall–Kier alpha value is -1.51. The lowest BCUT2D eigenvalue weighted by Crippen LogP contribution is -2.13. The summed E-state index contributed by atoms with van der Waals surface area (Å²) < 4.78 is 0. The van der Waals surface area contributed by atoms with Crippen LogP contribution in [-0.4, -0.2) is 11.0 Å². The average Bonchev–Trinajstić information content (AvgIpc) is 1.93. The van der Waals surface area contributed by atoms with Crippen LogP contribution in [0.5, 0.6) is 5.75 Å². The minimum atomic E-state index is -0.458. The number of benzene rings is 1. The van der Waals surface area contributed by atoms with Crippen molar-refractivity contribution in [1.29, 1.82) is 0 Å². The van der Waals surface area contributed by atoms with Crippen molar-refractivity contribution in [2.75, 3.05) is 0 Å². The van der Waals surface area contributed by atoms with Crippen LogP contribution in [0.25, 0.3) is 0 Å². The summed E-state index contributed by atoms with van der Waals surface area (Å²) in [5, 5.41) is 9.10. The Morgan fingerprint density at radius 2 is 2.45 bits per heavy atom. The van der Waals surface area contributed by atoms with Crippen LogP contribution in [-0.2, 0) is 11.2 Å². The molecule has 1 radical (unpaired) electrons. The van der Waals surface area contributed by atoms with Crippen molar-refractivity contribution < 1.29 is 9.90 Å². The molecule has 0 atom stereocenters. The highest BCUT2D eigenvalue weighted by Crippen LogP contribution is 2.14. The highest BCUT2D eigenvalue weighted by Gasteiger charge is 2.02. The standard InChI is InChI=1S/C8H8NO2/c9-8(11)5-6-3-1-2-4-7(6)10/h1-3,10H,5H2,(H2,9,11). The lowest BCUT2D eigenvalue weighted by Gasteiger charge is -1.98. The van der Waals surface area contributed by atoms with E-state index in [9.17, 15) is 4.79 Å². The maximum absolute atomic E-state index is 10.4. The van der Waals surface area contributed by atoms with Gasteiger partial charge in [-0.2, -0.15) is 0 Å². The van der Waals surface area contributed by atoms with E-state index in [0.29, 0.717) is 5.56 Å². The summed E-state index contributed by atoms with van der Waals surface area (Å²) >= 11 is 0. The van der Waals surface area contributed by atoms with E-state index in [1.807, 2.05) is 0 Å². The summed E-state index contributed by atoms with van der Waals surface area (Å²) in [5.41, 5.74) is 5.44. The molecule has 0 spiro atoms. The molecule has 3 N–H and O–H groups in total. The van der Waals surface area contributed by atoms with Crippen molar-refractivity contribution >= 4 is 5.91 Å². The molecule has 1 aromatic rings. The van der Waals surface area contributed by atoms with Gasteiger partial charge in [0.1, 0.15) is 5.75 Å². The molecule has 0 heterocycles. The average molecular weight is 150 g/mol. The molecule has 0 aliphatic rings. The maximum Gasteiger partial charge on any atom is 0.221 e. The second-order valence-electron chi connectivity index (χ2n) is 2.19. The van der Waals surface area contributed by atoms with Gasteiger partial charge < -0.3 is 10.8 Å². The van der Waals surface area contributed by atoms with Crippen LogP contribution in [0, 0.1) is 6.07 Å². The summed E-state index contributed by atoms with van der Waals surface area (Å²) in [7, 11) is 0. The van der Waals surface area contributed by atoms with Crippen LogP contribution in [0.1, 0.15) is 5.56 Å². The van der Waals surface area contributed by atoms with Gasteiger partial charge >= 0.3 is 0 Å². The fourth-order valence-electron chi connectivity index (χ4n) is 0.793. The molecule has 11 heavy (non-hydrogen) atoms. The van der Waals surface area contributed by atoms with E-state index in [4.69, 9.17) is 10.8 Å². The van der Waals surface area contributed by atoms with Gasteiger partial charge in [0.15, 0.2) is 0 Å². The van der Waals surface area contributed by atoms with Crippen molar-refractivity contribution in [3.8, 4) is 5.75 Å². The van der Waals surface area contributed by atoms with E-state index in [1.165, 1.54) is 0 Å². The van der Waals surface area contributed by atoms with E-state index in [1.54, 1.807) is 18.2 Å². The van der Waals surface area contributed by atoms with E-state index in [0.717, 1.165) is 0 Å². The first-order valence-electron chi connectivity index (χ1n) is 3.17. The van der Waals surface area contributed by atoms with Gasteiger partial charge in [-0.15, -0.1) is 0 Å². The fraction of sp³-hybridized carbons (Fsp3) is 0.125. The summed E-state index contributed by atoms with van der Waals surface area (Å²) in [6.07, 6.45) is 0.0587. The predicted octanol–water partition coefficient (Wildman–Crippen LogP) is 0.220. The Morgan fingerprint density at radius 3 is 3.00 bits per heavy atom. The summed E-state index contributed by atoms with van der Waals surface area (Å²) in [4.78, 5) is 10.4. The molecule has 1 rings (SSSR count). The maximum atomic E-state index is 10.4. The largest absolute Gasteiger partial charge is 0.507 e. The molecule has 0 aliphatic heterocycles. The number of hydrogen-bond donors (Lipinski definition) is 2. The minimum absolute atomic E-state index is 0.00806. The van der Waals surface area contributed by atoms with Crippen molar-refractivity contribution in [2.45, 2.75) is 6.42 Å². The first-order valence-corrected chi connectivity index (χ1v) is 3.17. The van der Waals surface area contributed by atoms with E-state index in [2.05, 4.69) is 6.07 Å². The normalized spacial score (nSPS) is 9.45. The van der Waals surface area contributed by atoms with Crippen LogP contribution in [0.4, 0.5) is 0 Å². The van der Waals surface area contributed by atoms with Crippen molar-refractivity contribution in [3.63, 3.8) is 0 Å². The smallest absolute Gasteiger partial charge is 0.221 e. The van der Waals surface area contributed by atoms with Crippen molar-refractivity contribution in [1.82, 2.24) is 0 Å². The van der Waals surface area contributed by atoms with Crippen LogP contribution >= 0.6 is 0 Å². The van der Waals surface area contributed by atoms with E-state index < -0.39 is 5.91 Å². The van der Waals surface area contributed by atoms with Gasteiger partial charge in [-0.1, -0.05) is 18.2 Å². The number of amides is 1. The van der Waals surface area contributed by atoms with Gasteiger partial charge in [-0.05, 0) is 0 Å². The molecule has 1 amide bonds. The number of carbonyl (C=O) groups is 1. The molecule has 1 aromatic carbocycles. The summed E-state index contributed by atoms with van der Waals surface area (Å²) in [5.74, 6) is -0.466. The van der Waals surface area contributed by atoms with Crippen LogP contribution < -0.4 is 5.73 Å². The molecule has 3 nitrogen and oxygen atoms in total. The number of primary amides is 1. The monoisotopic (exact) mass is 150 g/mol. The Labute approximate surface area is 64.5 Å². The van der Waals surface area contributed by atoms with Gasteiger partial charge in [-0.3, -0.25) is 4.79 Å². The summed E-state index contributed by atoms with van der Waals surface area (Å²) in [6.45, 7) is 0. The Bertz CT molecular complexity index is 271. The van der Waals surface area contributed by atoms with Crippen molar-refractivity contribution in [2.24, 2.45) is 5.73 Å². The topological polar surface area (TPSA) is 63.3 Å². The Kier molecular flexibility index (Phi) is 2.11. The lowest BCUT2D eigenvalue weighted by atomic mass is 10.1. The van der Waals surface area contributed by atoms with Gasteiger partial charge in [0.25, 0.3) is 0 Å². The first kappa shape index (κ1) is 7.60. The number of phenolic OH excluding ortho intramolecular Hbond substituents is 1. The first-order chi connectivity index (χ1) is 5.20. The zero-order valence-electron chi connectivity index (χ0n) is 5.87. The van der Waals surface area contributed by atoms with Crippen LogP contribution in [0.2, 0.25) is 0 Å². The third kappa shape index (κ3) is 1.97. The molecular formula is C8H8NO2. The second-order valence-corrected chi connectivity index (χ2v) is 2.19.